The number of nitrogens with two attached hydrogens (primary N) is 1. The normalized spacial score (nSPS) is 10.8. The van der Waals surface area contributed by atoms with Crippen LogP contribution in [0.5, 0.6) is 0 Å². The van der Waals surface area contributed by atoms with Gasteiger partial charge in [0.1, 0.15) is 17.2 Å². The van der Waals surface area contributed by atoms with Gasteiger partial charge in [-0.1, -0.05) is 19.1 Å². The molecule has 3 rings (SSSR count). The van der Waals surface area contributed by atoms with E-state index in [0.29, 0.717) is 17.1 Å². The molecule has 0 aliphatic rings. The molecule has 10 heteroatoms. The van der Waals surface area contributed by atoms with Gasteiger partial charge in [-0.3, -0.25) is 19.0 Å². The molecular formula is C18H16N4O5S. The highest BCUT2D eigenvalue weighted by atomic mass is 32.1. The molecule has 0 bridgehead atoms. The SMILES string of the molecule is CCc1nc2scc(C(=O)O)c2c(=O)n1CC(=O)Nc1ccccc1C(N)=O. The third-order valence-corrected chi connectivity index (χ3v) is 4.96. The van der Waals surface area contributed by atoms with Crippen molar-refractivity contribution in [3.05, 3.63) is 57.0 Å². The predicted molar refractivity (Wildman–Crippen MR) is 104 cm³/mol. The molecule has 9 nitrogen and oxygen atoms in total. The summed E-state index contributed by atoms with van der Waals surface area (Å²) in [6.07, 6.45) is 0.372. The van der Waals surface area contributed by atoms with E-state index in [1.165, 1.54) is 17.5 Å². The first-order valence-electron chi connectivity index (χ1n) is 8.26. The molecule has 0 saturated carbocycles. The largest absolute Gasteiger partial charge is 0.478 e. The number of carboxylic acids is 1. The van der Waals surface area contributed by atoms with Gasteiger partial charge in [-0.15, -0.1) is 11.3 Å². The first-order valence-corrected chi connectivity index (χ1v) is 9.14. The van der Waals surface area contributed by atoms with Gasteiger partial charge in [0.15, 0.2) is 0 Å². The lowest BCUT2D eigenvalue weighted by Gasteiger charge is -2.13. The van der Waals surface area contributed by atoms with Crippen LogP contribution in [0.4, 0.5) is 5.69 Å². The maximum atomic E-state index is 12.9. The zero-order chi connectivity index (χ0) is 20.4. The number of benzene rings is 1. The summed E-state index contributed by atoms with van der Waals surface area (Å²) in [6.45, 7) is 1.39. The molecule has 28 heavy (non-hydrogen) atoms. The van der Waals surface area contributed by atoms with Crippen LogP contribution in [0.3, 0.4) is 0 Å². The van der Waals surface area contributed by atoms with Crippen LogP contribution >= 0.6 is 11.3 Å². The van der Waals surface area contributed by atoms with Crippen molar-refractivity contribution in [3.63, 3.8) is 0 Å². The summed E-state index contributed by atoms with van der Waals surface area (Å²) in [5.74, 6) is -2.15. The van der Waals surface area contributed by atoms with E-state index in [1.54, 1.807) is 19.1 Å². The highest BCUT2D eigenvalue weighted by molar-refractivity contribution is 7.17. The second kappa shape index (κ2) is 7.61. The first-order chi connectivity index (χ1) is 13.3. The van der Waals surface area contributed by atoms with Crippen molar-refractivity contribution in [1.82, 2.24) is 9.55 Å². The summed E-state index contributed by atoms with van der Waals surface area (Å²) in [6, 6.07) is 6.23. The van der Waals surface area contributed by atoms with Gasteiger partial charge in [0, 0.05) is 11.8 Å². The molecule has 2 amide bonds. The Balaban J connectivity index is 2.00. The second-order valence-electron chi connectivity index (χ2n) is 5.87. The van der Waals surface area contributed by atoms with Crippen molar-refractivity contribution in [3.8, 4) is 0 Å². The molecular weight excluding hydrogens is 384 g/mol. The van der Waals surface area contributed by atoms with Crippen molar-refractivity contribution >= 4 is 45.0 Å². The number of carbonyl (C=O) groups excluding carboxylic acids is 2. The molecule has 0 unspecified atom stereocenters. The Kier molecular flexibility index (Phi) is 5.23. The Morgan fingerprint density at radius 3 is 2.61 bits per heavy atom. The average molecular weight is 400 g/mol. The van der Waals surface area contributed by atoms with Crippen molar-refractivity contribution in [1.29, 1.82) is 0 Å². The summed E-state index contributed by atoms with van der Waals surface area (Å²) in [5, 5.41) is 13.2. The molecule has 3 aromatic rings. The fraction of sp³-hybridized carbons (Fsp3) is 0.167. The quantitative estimate of drug-likeness (QED) is 0.571. The summed E-state index contributed by atoms with van der Waals surface area (Å²) in [5.41, 5.74) is 4.92. The molecule has 1 aromatic carbocycles. The molecule has 4 N–H and O–H groups in total. The van der Waals surface area contributed by atoms with E-state index in [9.17, 15) is 24.3 Å². The lowest BCUT2D eigenvalue weighted by Crippen LogP contribution is -2.31. The van der Waals surface area contributed by atoms with Crippen LogP contribution in [0, 0.1) is 0 Å². The Morgan fingerprint density at radius 1 is 1.25 bits per heavy atom. The van der Waals surface area contributed by atoms with E-state index in [1.807, 2.05) is 0 Å². The molecule has 0 aliphatic heterocycles. The number of thiophene rings is 1. The Hall–Kier alpha value is -3.53. The lowest BCUT2D eigenvalue weighted by atomic mass is 10.1. The number of aryl methyl sites for hydroxylation is 1. The number of nitrogens with one attached hydrogen (secondary N) is 1. The Bertz CT molecular complexity index is 1160. The standard InChI is InChI=1S/C18H16N4O5S/c1-2-12-21-16-14(10(8-28-16)18(26)27)17(25)22(12)7-13(23)20-11-6-4-3-5-9(11)15(19)24/h3-6,8H,2,7H2,1H3,(H2,19,24)(H,20,23)(H,26,27). The van der Waals surface area contributed by atoms with Crippen LogP contribution in [0.15, 0.2) is 34.4 Å². The topological polar surface area (TPSA) is 144 Å². The second-order valence-corrected chi connectivity index (χ2v) is 6.72. The third-order valence-electron chi connectivity index (χ3n) is 4.09. The number of hydrogen-bond acceptors (Lipinski definition) is 6. The summed E-state index contributed by atoms with van der Waals surface area (Å²) in [7, 11) is 0. The average Bonchev–Trinajstić information content (AvgIpc) is 3.08. The van der Waals surface area contributed by atoms with Gasteiger partial charge in [0.05, 0.1) is 22.2 Å². The molecule has 0 radical (unpaired) electrons. The fourth-order valence-electron chi connectivity index (χ4n) is 2.80. The van der Waals surface area contributed by atoms with Gasteiger partial charge in [-0.2, -0.15) is 0 Å². The Labute approximate surface area is 162 Å². The summed E-state index contributed by atoms with van der Waals surface area (Å²) in [4.78, 5) is 52.9. The molecule has 2 aromatic heterocycles. The van der Waals surface area contributed by atoms with E-state index in [-0.39, 0.29) is 28.7 Å². The van der Waals surface area contributed by atoms with Crippen molar-refractivity contribution in [2.75, 3.05) is 5.32 Å². The van der Waals surface area contributed by atoms with E-state index in [2.05, 4.69) is 10.3 Å². The predicted octanol–water partition coefficient (Wildman–Crippen LogP) is 1.46. The van der Waals surface area contributed by atoms with Gasteiger partial charge in [0.25, 0.3) is 11.5 Å². The number of nitrogens with zero attached hydrogens (tertiary/aromatic N) is 2. The summed E-state index contributed by atoms with van der Waals surface area (Å²) >= 11 is 1.06. The zero-order valence-corrected chi connectivity index (χ0v) is 15.6. The van der Waals surface area contributed by atoms with E-state index in [0.717, 1.165) is 15.9 Å². The maximum absolute atomic E-state index is 12.9. The van der Waals surface area contributed by atoms with Crippen LogP contribution < -0.4 is 16.6 Å². The molecule has 0 spiro atoms. The minimum absolute atomic E-state index is 0.0277. The number of anilines is 1. The van der Waals surface area contributed by atoms with E-state index < -0.39 is 23.3 Å². The van der Waals surface area contributed by atoms with Crippen LogP contribution in [-0.4, -0.2) is 32.4 Å². The number of para-hydroxylation sites is 1. The number of aromatic nitrogens is 2. The third kappa shape index (κ3) is 3.49. The molecule has 0 atom stereocenters. The van der Waals surface area contributed by atoms with Crippen molar-refractivity contribution in [2.24, 2.45) is 5.73 Å². The number of carboxylic acid groups (broad SMARTS) is 1. The van der Waals surface area contributed by atoms with Gasteiger partial charge in [0.2, 0.25) is 5.91 Å². The number of carbonyl (C=O) groups is 3. The van der Waals surface area contributed by atoms with E-state index >= 15 is 0 Å². The van der Waals surface area contributed by atoms with Gasteiger partial charge >= 0.3 is 5.97 Å². The molecule has 0 aliphatic carbocycles. The van der Waals surface area contributed by atoms with Crippen LogP contribution in [0.2, 0.25) is 0 Å². The number of amides is 2. The van der Waals surface area contributed by atoms with Crippen LogP contribution in [0.1, 0.15) is 33.5 Å². The first kappa shape index (κ1) is 19.2. The zero-order valence-electron chi connectivity index (χ0n) is 14.8. The molecule has 0 saturated heterocycles. The van der Waals surface area contributed by atoms with Gasteiger partial charge in [-0.25, -0.2) is 9.78 Å². The molecule has 0 fully saturated rings. The minimum atomic E-state index is -1.24. The number of hydrogen-bond donors (Lipinski definition) is 3. The van der Waals surface area contributed by atoms with Crippen molar-refractivity contribution in [2.45, 2.75) is 19.9 Å². The fourth-order valence-corrected chi connectivity index (χ4v) is 3.72. The van der Waals surface area contributed by atoms with Crippen LogP contribution in [0.25, 0.3) is 10.2 Å². The number of rotatable bonds is 6. The number of primary amides is 1. The van der Waals surface area contributed by atoms with Crippen molar-refractivity contribution < 1.29 is 19.5 Å². The van der Waals surface area contributed by atoms with Crippen LogP contribution in [-0.2, 0) is 17.8 Å². The highest BCUT2D eigenvalue weighted by Crippen LogP contribution is 2.22. The summed E-state index contributed by atoms with van der Waals surface area (Å²) < 4.78 is 1.14. The van der Waals surface area contributed by atoms with E-state index in [4.69, 9.17) is 5.73 Å². The molecule has 2 heterocycles. The maximum Gasteiger partial charge on any atom is 0.337 e. The molecule has 144 valence electrons. The highest BCUT2D eigenvalue weighted by Gasteiger charge is 2.20. The minimum Gasteiger partial charge on any atom is -0.478 e. The lowest BCUT2D eigenvalue weighted by molar-refractivity contribution is -0.116. The van der Waals surface area contributed by atoms with Gasteiger partial charge in [-0.05, 0) is 12.1 Å². The number of fused-ring (bicyclic) bond motifs is 1. The number of aromatic carboxylic acids is 1. The van der Waals surface area contributed by atoms with Gasteiger partial charge < -0.3 is 16.2 Å². The monoisotopic (exact) mass is 400 g/mol. The smallest absolute Gasteiger partial charge is 0.337 e. The Morgan fingerprint density at radius 2 is 1.96 bits per heavy atom.